The molecular formula is C26H27F3N8O. The Bertz CT molecular complexity index is 1470. The predicted octanol–water partition coefficient (Wildman–Crippen LogP) is 4.96. The minimum atomic E-state index is -0.739. The van der Waals surface area contributed by atoms with E-state index >= 15 is 4.39 Å². The van der Waals surface area contributed by atoms with Gasteiger partial charge in [-0.3, -0.25) is 5.10 Å². The van der Waals surface area contributed by atoms with Crippen molar-refractivity contribution in [3.05, 3.63) is 48.2 Å². The number of carbonyl (C=O) groups is 1. The second kappa shape index (κ2) is 9.99. The van der Waals surface area contributed by atoms with Gasteiger partial charge in [-0.2, -0.15) is 5.10 Å². The van der Waals surface area contributed by atoms with Crippen molar-refractivity contribution in [3.8, 4) is 22.6 Å². The van der Waals surface area contributed by atoms with E-state index in [1.54, 1.807) is 0 Å². The number of nitrogens with one attached hydrogen (secondary N) is 4. The summed E-state index contributed by atoms with van der Waals surface area (Å²) in [7, 11) is 0. The number of urea groups is 1. The molecule has 4 N–H and O–H groups in total. The first-order chi connectivity index (χ1) is 18.5. The number of anilines is 1. The summed E-state index contributed by atoms with van der Waals surface area (Å²) in [6, 6.07) is 3.11. The van der Waals surface area contributed by atoms with E-state index in [1.165, 1.54) is 24.7 Å². The Labute approximate surface area is 216 Å². The molecule has 0 radical (unpaired) electrons. The molecule has 1 aliphatic carbocycles. The Hall–Kier alpha value is -4.09. The number of pyridine rings is 1. The van der Waals surface area contributed by atoms with Crippen molar-refractivity contribution in [1.29, 1.82) is 0 Å². The quantitative estimate of drug-likeness (QED) is 0.295. The van der Waals surface area contributed by atoms with Crippen molar-refractivity contribution < 1.29 is 18.0 Å². The maximum absolute atomic E-state index is 15.4. The second-order valence-corrected chi connectivity index (χ2v) is 9.91. The molecule has 1 aromatic carbocycles. The van der Waals surface area contributed by atoms with Crippen molar-refractivity contribution in [2.24, 2.45) is 0 Å². The lowest BCUT2D eigenvalue weighted by Gasteiger charge is -2.32. The number of H-pyrrole nitrogens is 2. The first kappa shape index (κ1) is 24.3. The van der Waals surface area contributed by atoms with Crippen LogP contribution in [0.4, 0.5) is 23.8 Å². The zero-order valence-corrected chi connectivity index (χ0v) is 20.5. The van der Waals surface area contributed by atoms with E-state index in [9.17, 15) is 13.6 Å². The third kappa shape index (κ3) is 4.66. The summed E-state index contributed by atoms with van der Waals surface area (Å²) in [5.41, 5.74) is 1.11. The molecule has 2 aliphatic rings. The lowest BCUT2D eigenvalue weighted by atomic mass is 9.91. The van der Waals surface area contributed by atoms with E-state index in [0.29, 0.717) is 17.5 Å². The fourth-order valence-electron chi connectivity index (χ4n) is 5.49. The maximum Gasteiger partial charge on any atom is 0.317 e. The molecule has 4 aromatic rings. The van der Waals surface area contributed by atoms with Crippen molar-refractivity contribution in [3.63, 3.8) is 0 Å². The summed E-state index contributed by atoms with van der Waals surface area (Å²) in [4.78, 5) is 26.0. The highest BCUT2D eigenvalue weighted by molar-refractivity contribution is 5.98. The summed E-state index contributed by atoms with van der Waals surface area (Å²) in [5.74, 6) is -1.78. The lowest BCUT2D eigenvalue weighted by molar-refractivity contribution is 0.199. The van der Waals surface area contributed by atoms with Crippen LogP contribution in [-0.4, -0.2) is 61.3 Å². The highest BCUT2D eigenvalue weighted by atomic mass is 19.1. The largest absolute Gasteiger partial charge is 0.365 e. The van der Waals surface area contributed by atoms with E-state index in [2.05, 4.69) is 35.8 Å². The number of halogens is 3. The SMILES string of the molecule is O=C(NC1CCCC(Nc2nc(-c3c[nH]c4c(F)cc(F)cc34)c(-c3ncn[nH]3)cc2F)C1)N1CCCC1. The zero-order valence-electron chi connectivity index (χ0n) is 20.5. The number of carbonyl (C=O) groups excluding carboxylic acids is 1. The fraction of sp³-hybridized carbons (Fsp3) is 0.385. The first-order valence-corrected chi connectivity index (χ1v) is 12.8. The number of fused-ring (bicyclic) bond motifs is 1. The van der Waals surface area contributed by atoms with Crippen LogP contribution in [0.25, 0.3) is 33.5 Å². The third-order valence-corrected chi connectivity index (χ3v) is 7.34. The number of amides is 2. The van der Waals surface area contributed by atoms with Crippen LogP contribution in [-0.2, 0) is 0 Å². The number of aromatic nitrogens is 5. The van der Waals surface area contributed by atoms with Crippen LogP contribution in [0.2, 0.25) is 0 Å². The van der Waals surface area contributed by atoms with Crippen molar-refractivity contribution in [2.45, 2.75) is 50.6 Å². The molecule has 12 heteroatoms. The van der Waals surface area contributed by atoms with Crippen LogP contribution in [0.3, 0.4) is 0 Å². The number of benzene rings is 1. The number of aromatic amines is 2. The first-order valence-electron chi connectivity index (χ1n) is 12.8. The predicted molar refractivity (Wildman–Crippen MR) is 136 cm³/mol. The molecule has 1 aliphatic heterocycles. The molecule has 2 unspecified atom stereocenters. The van der Waals surface area contributed by atoms with E-state index < -0.39 is 17.5 Å². The van der Waals surface area contributed by atoms with Gasteiger partial charge >= 0.3 is 6.03 Å². The Morgan fingerprint density at radius 2 is 1.82 bits per heavy atom. The summed E-state index contributed by atoms with van der Waals surface area (Å²) >= 11 is 0. The summed E-state index contributed by atoms with van der Waals surface area (Å²) in [5, 5.41) is 13.2. The molecule has 198 valence electrons. The van der Waals surface area contributed by atoms with Crippen LogP contribution in [0, 0.1) is 17.5 Å². The molecule has 9 nitrogen and oxygen atoms in total. The molecule has 2 amide bonds. The second-order valence-electron chi connectivity index (χ2n) is 9.91. The Balaban J connectivity index is 1.31. The summed E-state index contributed by atoms with van der Waals surface area (Å²) in [6.45, 7) is 1.55. The number of rotatable bonds is 5. The topological polar surface area (TPSA) is 115 Å². The highest BCUT2D eigenvalue weighted by Crippen LogP contribution is 2.37. The van der Waals surface area contributed by atoms with Crippen LogP contribution in [0.1, 0.15) is 38.5 Å². The number of hydrogen-bond acceptors (Lipinski definition) is 5. The van der Waals surface area contributed by atoms with Gasteiger partial charge in [0, 0.05) is 53.9 Å². The highest BCUT2D eigenvalue weighted by Gasteiger charge is 2.28. The molecule has 38 heavy (non-hydrogen) atoms. The van der Waals surface area contributed by atoms with Crippen LogP contribution >= 0.6 is 0 Å². The normalized spacial score (nSPS) is 19.7. The van der Waals surface area contributed by atoms with Gasteiger partial charge in [0.15, 0.2) is 17.5 Å². The molecule has 0 spiro atoms. The lowest BCUT2D eigenvalue weighted by Crippen LogP contribution is -2.47. The van der Waals surface area contributed by atoms with Crippen molar-refractivity contribution in [2.75, 3.05) is 18.4 Å². The molecule has 1 saturated heterocycles. The molecule has 2 fully saturated rings. The maximum atomic E-state index is 15.4. The van der Waals surface area contributed by atoms with E-state index in [1.807, 2.05) is 4.90 Å². The van der Waals surface area contributed by atoms with Crippen LogP contribution < -0.4 is 10.6 Å². The van der Waals surface area contributed by atoms with Crippen LogP contribution in [0.15, 0.2) is 30.7 Å². The van der Waals surface area contributed by atoms with Gasteiger partial charge < -0.3 is 20.5 Å². The van der Waals surface area contributed by atoms with Gasteiger partial charge in [0.05, 0.1) is 11.2 Å². The minimum absolute atomic E-state index is 0.0195. The smallest absolute Gasteiger partial charge is 0.317 e. The van der Waals surface area contributed by atoms with Gasteiger partial charge in [-0.25, -0.2) is 27.9 Å². The Morgan fingerprint density at radius 3 is 2.61 bits per heavy atom. The van der Waals surface area contributed by atoms with Gasteiger partial charge in [0.2, 0.25) is 0 Å². The zero-order chi connectivity index (χ0) is 26.2. The number of nitrogens with zero attached hydrogens (tertiary/aromatic N) is 4. The van der Waals surface area contributed by atoms with E-state index in [4.69, 9.17) is 0 Å². The fourth-order valence-corrected chi connectivity index (χ4v) is 5.49. The van der Waals surface area contributed by atoms with E-state index in [0.717, 1.165) is 51.3 Å². The van der Waals surface area contributed by atoms with Gasteiger partial charge in [-0.05, 0) is 50.7 Å². The monoisotopic (exact) mass is 524 g/mol. The molecule has 3 aromatic heterocycles. The van der Waals surface area contributed by atoms with Crippen LogP contribution in [0.5, 0.6) is 0 Å². The summed E-state index contributed by atoms with van der Waals surface area (Å²) < 4.78 is 43.9. The average molecular weight is 525 g/mol. The Kier molecular flexibility index (Phi) is 6.38. The van der Waals surface area contributed by atoms with Crippen molar-refractivity contribution >= 4 is 22.8 Å². The molecule has 1 saturated carbocycles. The molecule has 2 atom stereocenters. The Morgan fingerprint density at radius 1 is 1.00 bits per heavy atom. The van der Waals surface area contributed by atoms with Gasteiger partial charge in [-0.1, -0.05) is 0 Å². The van der Waals surface area contributed by atoms with Gasteiger partial charge in [0.25, 0.3) is 0 Å². The summed E-state index contributed by atoms with van der Waals surface area (Å²) in [6.07, 6.45) is 8.00. The molecule has 6 rings (SSSR count). The average Bonchev–Trinajstić information content (AvgIpc) is 3.67. The number of hydrogen-bond donors (Lipinski definition) is 4. The van der Waals surface area contributed by atoms with Crippen molar-refractivity contribution in [1.82, 2.24) is 35.4 Å². The molecule has 0 bridgehead atoms. The van der Waals surface area contributed by atoms with Gasteiger partial charge in [0.1, 0.15) is 18.0 Å². The third-order valence-electron chi connectivity index (χ3n) is 7.34. The molecular weight excluding hydrogens is 497 g/mol. The van der Waals surface area contributed by atoms with Gasteiger partial charge in [-0.15, -0.1) is 0 Å². The molecule has 4 heterocycles. The number of likely N-dealkylation sites (tertiary alicyclic amines) is 1. The van der Waals surface area contributed by atoms with E-state index in [-0.39, 0.29) is 46.4 Å². The standard InChI is InChI=1S/C26H27F3N8O/c27-14-8-17-19(12-30-23(17)20(28)9-14)22-18(24-31-13-32-36-24)11-21(29)25(35-22)33-15-4-3-5-16(10-15)34-26(38)37-6-1-2-7-37/h8-9,11-13,15-16,30H,1-7,10H2,(H,33,35)(H,34,38)(H,31,32,36). The minimum Gasteiger partial charge on any atom is -0.365 e.